The number of halogens is 1. The van der Waals surface area contributed by atoms with Gasteiger partial charge in [-0.1, -0.05) is 35.0 Å². The first-order valence-electron chi connectivity index (χ1n) is 10.0. The van der Waals surface area contributed by atoms with Crippen molar-refractivity contribution in [3.05, 3.63) is 45.7 Å². The molecule has 0 spiro atoms. The summed E-state index contributed by atoms with van der Waals surface area (Å²) in [6, 6.07) is 1.94. The minimum Gasteiger partial charge on any atom is -0.355 e. The molecule has 1 amide bonds. The Labute approximate surface area is 185 Å². The predicted octanol–water partition coefficient (Wildman–Crippen LogP) is 3.81. The summed E-state index contributed by atoms with van der Waals surface area (Å²) in [6.07, 6.45) is 10.3. The smallest absolute Gasteiger partial charge is 0.255 e. The maximum atomic E-state index is 12.8. The van der Waals surface area contributed by atoms with Gasteiger partial charge in [0.05, 0.1) is 29.2 Å². The average Bonchev–Trinajstić information content (AvgIpc) is 2.98. The molecule has 2 aliphatic rings. The van der Waals surface area contributed by atoms with Crippen LogP contribution >= 0.6 is 15.9 Å². The SMILES string of the molecule is CNC(=O)c1c(C2=CC=C(Br)CC2)nn2cc3c(cc12)C(C)CCCN3S(C)(=O)=O. The van der Waals surface area contributed by atoms with Gasteiger partial charge in [-0.25, -0.2) is 12.9 Å². The van der Waals surface area contributed by atoms with Crippen LogP contribution in [0.25, 0.3) is 11.1 Å². The Balaban J connectivity index is 2.00. The van der Waals surface area contributed by atoms with Crippen LogP contribution in [0.1, 0.15) is 60.1 Å². The summed E-state index contributed by atoms with van der Waals surface area (Å²) in [7, 11) is -1.81. The highest BCUT2D eigenvalue weighted by Crippen LogP contribution is 2.38. The van der Waals surface area contributed by atoms with E-state index in [0.717, 1.165) is 41.3 Å². The Hall–Kier alpha value is -2.13. The Morgan fingerprint density at radius 2 is 2.07 bits per heavy atom. The number of amides is 1. The van der Waals surface area contributed by atoms with Gasteiger partial charge in [0.1, 0.15) is 5.69 Å². The summed E-state index contributed by atoms with van der Waals surface area (Å²) in [5, 5.41) is 7.47. The number of fused-ring (bicyclic) bond motifs is 2. The second-order valence-electron chi connectivity index (χ2n) is 7.93. The lowest BCUT2D eigenvalue weighted by Crippen LogP contribution is -2.31. The number of carbonyl (C=O) groups excluding carboxylic acids is 1. The molecule has 0 bridgehead atoms. The minimum atomic E-state index is -3.42. The van der Waals surface area contributed by atoms with Crippen LogP contribution in [0.4, 0.5) is 5.69 Å². The molecule has 7 nitrogen and oxygen atoms in total. The highest BCUT2D eigenvalue weighted by Gasteiger charge is 2.29. The first-order valence-corrected chi connectivity index (χ1v) is 12.7. The van der Waals surface area contributed by atoms with Crippen LogP contribution in [-0.2, 0) is 10.0 Å². The molecule has 4 rings (SSSR count). The monoisotopic (exact) mass is 492 g/mol. The van der Waals surface area contributed by atoms with Crippen LogP contribution in [0, 0.1) is 0 Å². The molecule has 1 N–H and O–H groups in total. The highest BCUT2D eigenvalue weighted by atomic mass is 79.9. The second-order valence-corrected chi connectivity index (χ2v) is 10.9. The van der Waals surface area contributed by atoms with Crippen molar-refractivity contribution < 1.29 is 13.2 Å². The van der Waals surface area contributed by atoms with Gasteiger partial charge >= 0.3 is 0 Å². The third kappa shape index (κ3) is 3.69. The fraction of sp³-hybridized carbons (Fsp3) is 0.429. The lowest BCUT2D eigenvalue weighted by atomic mass is 9.95. The molecule has 0 radical (unpaired) electrons. The molecule has 0 fully saturated rings. The van der Waals surface area contributed by atoms with E-state index in [4.69, 9.17) is 5.10 Å². The number of rotatable bonds is 3. The normalized spacial score (nSPS) is 19.7. The number of pyridine rings is 1. The maximum absolute atomic E-state index is 12.8. The Bertz CT molecular complexity index is 1200. The Morgan fingerprint density at radius 1 is 1.30 bits per heavy atom. The summed E-state index contributed by atoms with van der Waals surface area (Å²) in [6.45, 7) is 2.55. The van der Waals surface area contributed by atoms with E-state index >= 15 is 0 Å². The molecule has 0 aromatic carbocycles. The molecule has 9 heteroatoms. The minimum absolute atomic E-state index is 0.181. The zero-order chi connectivity index (χ0) is 21.6. The van der Waals surface area contributed by atoms with E-state index in [2.05, 4.69) is 28.2 Å². The van der Waals surface area contributed by atoms with Crippen LogP contribution in [0.15, 0.2) is 28.9 Å². The third-order valence-electron chi connectivity index (χ3n) is 5.84. The van der Waals surface area contributed by atoms with Gasteiger partial charge in [0.15, 0.2) is 0 Å². The summed E-state index contributed by atoms with van der Waals surface area (Å²) < 4.78 is 29.2. The molecule has 30 heavy (non-hydrogen) atoms. The van der Waals surface area contributed by atoms with Crippen LogP contribution < -0.4 is 9.62 Å². The van der Waals surface area contributed by atoms with Crippen molar-refractivity contribution in [2.24, 2.45) is 0 Å². The number of nitrogens with zero attached hydrogens (tertiary/aromatic N) is 3. The standard InChI is InChI=1S/C21H25BrN4O3S/c1-13-5-4-10-26(30(3,28)29)18-12-25-17(11-16(13)18)19(21(27)23-2)20(24-25)14-6-8-15(22)9-7-14/h6,8,11-13H,4-5,7,9-10H2,1-3H3,(H,23,27). The molecule has 160 valence electrons. The number of hydrogen-bond acceptors (Lipinski definition) is 4. The summed E-state index contributed by atoms with van der Waals surface area (Å²) in [5.41, 5.74) is 4.43. The van der Waals surface area contributed by atoms with Crippen LogP contribution in [0.3, 0.4) is 0 Å². The van der Waals surface area contributed by atoms with E-state index in [1.54, 1.807) is 17.8 Å². The molecular weight excluding hydrogens is 468 g/mol. The number of sulfonamides is 1. The number of anilines is 1. The largest absolute Gasteiger partial charge is 0.355 e. The van der Waals surface area contributed by atoms with Gasteiger partial charge in [0.2, 0.25) is 10.0 Å². The van der Waals surface area contributed by atoms with E-state index in [-0.39, 0.29) is 11.8 Å². The van der Waals surface area contributed by atoms with E-state index in [9.17, 15) is 13.2 Å². The first-order chi connectivity index (χ1) is 14.2. The number of aromatic nitrogens is 2. The molecule has 2 aromatic rings. The van der Waals surface area contributed by atoms with Crippen molar-refractivity contribution in [3.8, 4) is 0 Å². The quantitative estimate of drug-likeness (QED) is 0.705. The topological polar surface area (TPSA) is 83.8 Å². The number of carbonyl (C=O) groups is 1. The highest BCUT2D eigenvalue weighted by molar-refractivity contribution is 9.11. The fourth-order valence-electron chi connectivity index (χ4n) is 4.24. The van der Waals surface area contributed by atoms with Crippen molar-refractivity contribution in [1.82, 2.24) is 14.9 Å². The third-order valence-corrected chi connectivity index (χ3v) is 7.68. The van der Waals surface area contributed by atoms with Gasteiger partial charge in [-0.2, -0.15) is 5.10 Å². The lowest BCUT2D eigenvalue weighted by Gasteiger charge is -2.23. The number of hydrogen-bond donors (Lipinski definition) is 1. The van der Waals surface area contributed by atoms with Crippen molar-refractivity contribution in [2.45, 2.75) is 38.5 Å². The van der Waals surface area contributed by atoms with Crippen LogP contribution in [0.5, 0.6) is 0 Å². The van der Waals surface area contributed by atoms with Gasteiger partial charge in [-0.3, -0.25) is 9.10 Å². The summed E-state index contributed by atoms with van der Waals surface area (Å²) in [4.78, 5) is 12.8. The molecule has 0 saturated carbocycles. The van der Waals surface area contributed by atoms with Crippen molar-refractivity contribution >= 4 is 48.6 Å². The molecule has 1 unspecified atom stereocenters. The molecule has 0 saturated heterocycles. The van der Waals surface area contributed by atoms with E-state index in [1.165, 1.54) is 10.6 Å². The molecule has 2 aromatic heterocycles. The van der Waals surface area contributed by atoms with Crippen molar-refractivity contribution in [3.63, 3.8) is 0 Å². The average molecular weight is 493 g/mol. The lowest BCUT2D eigenvalue weighted by molar-refractivity contribution is 0.0964. The zero-order valence-electron chi connectivity index (χ0n) is 17.3. The molecule has 1 aliphatic heterocycles. The van der Waals surface area contributed by atoms with Crippen LogP contribution in [-0.4, -0.2) is 43.8 Å². The van der Waals surface area contributed by atoms with E-state index in [0.29, 0.717) is 29.0 Å². The Kier molecular flexibility index (Phi) is 5.52. The molecule has 3 heterocycles. The first kappa shape index (κ1) is 21.1. The van der Waals surface area contributed by atoms with E-state index < -0.39 is 10.0 Å². The summed E-state index contributed by atoms with van der Waals surface area (Å²) in [5.74, 6) is -0.0175. The molecule has 1 aliphatic carbocycles. The van der Waals surface area contributed by atoms with Gasteiger partial charge in [-0.15, -0.1) is 0 Å². The Morgan fingerprint density at radius 3 is 2.70 bits per heavy atom. The maximum Gasteiger partial charge on any atom is 0.255 e. The van der Waals surface area contributed by atoms with Gasteiger partial charge < -0.3 is 5.32 Å². The second kappa shape index (κ2) is 7.85. The van der Waals surface area contributed by atoms with Crippen molar-refractivity contribution in [1.29, 1.82) is 0 Å². The van der Waals surface area contributed by atoms with Crippen LogP contribution in [0.2, 0.25) is 0 Å². The molecule has 1 atom stereocenters. The number of nitrogens with one attached hydrogen (secondary N) is 1. The fourth-order valence-corrected chi connectivity index (χ4v) is 5.54. The number of allylic oxidation sites excluding steroid dienone is 4. The summed E-state index contributed by atoms with van der Waals surface area (Å²) >= 11 is 3.52. The van der Waals surface area contributed by atoms with Gasteiger partial charge in [0.25, 0.3) is 5.91 Å². The van der Waals surface area contributed by atoms with Gasteiger partial charge in [-0.05, 0) is 53.3 Å². The zero-order valence-corrected chi connectivity index (χ0v) is 19.7. The predicted molar refractivity (Wildman–Crippen MR) is 123 cm³/mol. The van der Waals surface area contributed by atoms with Gasteiger partial charge in [0, 0.05) is 13.6 Å². The van der Waals surface area contributed by atoms with Crippen molar-refractivity contribution in [2.75, 3.05) is 24.2 Å². The van der Waals surface area contributed by atoms with E-state index in [1.807, 2.05) is 18.2 Å². The molecular formula is C21H25BrN4O3S.